The molecule has 2 heterocycles. The summed E-state index contributed by atoms with van der Waals surface area (Å²) >= 11 is 6.35. The predicted molar refractivity (Wildman–Crippen MR) is 79.4 cm³/mol. The van der Waals surface area contributed by atoms with E-state index in [1.54, 1.807) is 6.20 Å². The van der Waals surface area contributed by atoms with Gasteiger partial charge in [0.25, 0.3) is 0 Å². The molecule has 3 rings (SSSR count). The summed E-state index contributed by atoms with van der Waals surface area (Å²) < 4.78 is 7.59. The third-order valence-corrected chi connectivity index (χ3v) is 4.02. The summed E-state index contributed by atoms with van der Waals surface area (Å²) in [6.07, 6.45) is 2.88. The highest BCUT2D eigenvalue weighted by molar-refractivity contribution is 6.31. The van der Waals surface area contributed by atoms with Crippen LogP contribution in [0.2, 0.25) is 5.15 Å². The Morgan fingerprint density at radius 1 is 1.35 bits per heavy atom. The van der Waals surface area contributed by atoms with Gasteiger partial charge in [-0.3, -0.25) is 4.68 Å². The fourth-order valence-electron chi connectivity index (χ4n) is 2.58. The number of halogens is 1. The molecule has 1 aromatic carbocycles. The first-order valence-electron chi connectivity index (χ1n) is 6.85. The normalized spacial score (nSPS) is 19.4. The number of ether oxygens (including phenoxy) is 1. The molecule has 0 aliphatic carbocycles. The molecule has 20 heavy (non-hydrogen) atoms. The molecule has 1 unspecified atom stereocenters. The van der Waals surface area contributed by atoms with Crippen LogP contribution in [0.5, 0.6) is 11.5 Å². The van der Waals surface area contributed by atoms with Gasteiger partial charge >= 0.3 is 0 Å². The molecule has 0 bridgehead atoms. The van der Waals surface area contributed by atoms with Gasteiger partial charge in [-0.25, -0.2) is 0 Å². The van der Waals surface area contributed by atoms with E-state index in [1.807, 2.05) is 35.0 Å². The van der Waals surface area contributed by atoms with Gasteiger partial charge in [-0.15, -0.1) is 0 Å². The molecule has 1 aromatic heterocycles. The molecule has 2 aromatic rings. The van der Waals surface area contributed by atoms with Crippen LogP contribution < -0.4 is 4.74 Å². The highest BCUT2D eigenvalue weighted by Gasteiger charge is 2.22. The molecule has 1 fully saturated rings. The Morgan fingerprint density at radius 3 is 2.85 bits per heavy atom. The Kier molecular flexibility index (Phi) is 3.94. The van der Waals surface area contributed by atoms with Gasteiger partial charge in [-0.05, 0) is 38.1 Å². The average Bonchev–Trinajstić information content (AvgIpc) is 3.01. The first-order chi connectivity index (χ1) is 9.72. The minimum atomic E-state index is 0.573. The third-order valence-electron chi connectivity index (χ3n) is 3.64. The van der Waals surface area contributed by atoms with Crippen LogP contribution in [0.1, 0.15) is 6.42 Å². The lowest BCUT2D eigenvalue weighted by Crippen LogP contribution is -2.17. The molecule has 4 nitrogen and oxygen atoms in total. The standard InChI is InChI=1S/C15H18ClN3O/c1-18-8-7-12(10-18)11-19-15(16)14(9-17-19)20-13-5-3-2-4-6-13/h2-6,9,12H,7-8,10-11H2,1H3. The van der Waals surface area contributed by atoms with Crippen LogP contribution >= 0.6 is 11.6 Å². The Morgan fingerprint density at radius 2 is 2.15 bits per heavy atom. The van der Waals surface area contributed by atoms with Crippen LogP contribution in [0.15, 0.2) is 36.5 Å². The van der Waals surface area contributed by atoms with Crippen LogP contribution in [0.3, 0.4) is 0 Å². The zero-order chi connectivity index (χ0) is 13.9. The summed E-state index contributed by atoms with van der Waals surface area (Å²) in [6, 6.07) is 9.62. The van der Waals surface area contributed by atoms with Crippen molar-refractivity contribution >= 4 is 11.6 Å². The largest absolute Gasteiger partial charge is 0.452 e. The minimum Gasteiger partial charge on any atom is -0.452 e. The maximum absolute atomic E-state index is 6.35. The van der Waals surface area contributed by atoms with E-state index in [4.69, 9.17) is 16.3 Å². The molecular formula is C15H18ClN3O. The number of rotatable bonds is 4. The SMILES string of the molecule is CN1CCC(Cn2ncc(Oc3ccccc3)c2Cl)C1. The summed E-state index contributed by atoms with van der Waals surface area (Å²) in [5, 5.41) is 4.91. The fraction of sp³-hybridized carbons (Fsp3) is 0.400. The molecular weight excluding hydrogens is 274 g/mol. The van der Waals surface area contributed by atoms with E-state index in [0.29, 0.717) is 16.8 Å². The predicted octanol–water partition coefficient (Wildman–Crippen LogP) is 3.28. The Labute approximate surface area is 123 Å². The number of hydrogen-bond acceptors (Lipinski definition) is 3. The number of hydrogen-bond donors (Lipinski definition) is 0. The third kappa shape index (κ3) is 2.97. The highest BCUT2D eigenvalue weighted by Crippen LogP contribution is 2.30. The van der Waals surface area contributed by atoms with Crippen molar-refractivity contribution in [2.75, 3.05) is 20.1 Å². The quantitative estimate of drug-likeness (QED) is 0.866. The van der Waals surface area contributed by atoms with Crippen LogP contribution in [0.25, 0.3) is 0 Å². The van der Waals surface area contributed by atoms with Gasteiger partial charge in [0.1, 0.15) is 5.75 Å². The second kappa shape index (κ2) is 5.85. The van der Waals surface area contributed by atoms with Crippen LogP contribution in [-0.2, 0) is 6.54 Å². The van der Waals surface area contributed by atoms with Crippen LogP contribution in [0.4, 0.5) is 0 Å². The number of aromatic nitrogens is 2. The molecule has 0 N–H and O–H groups in total. The van der Waals surface area contributed by atoms with Gasteiger partial charge in [0, 0.05) is 13.1 Å². The molecule has 1 aliphatic rings. The fourth-order valence-corrected chi connectivity index (χ4v) is 2.78. The summed E-state index contributed by atoms with van der Waals surface area (Å²) in [6.45, 7) is 3.10. The molecule has 0 saturated carbocycles. The first-order valence-corrected chi connectivity index (χ1v) is 7.23. The molecule has 0 spiro atoms. The van der Waals surface area contributed by atoms with Crippen molar-refractivity contribution in [3.05, 3.63) is 41.7 Å². The highest BCUT2D eigenvalue weighted by atomic mass is 35.5. The Hall–Kier alpha value is -1.52. The van der Waals surface area contributed by atoms with Crippen molar-refractivity contribution in [1.82, 2.24) is 14.7 Å². The van der Waals surface area contributed by atoms with E-state index in [1.165, 1.54) is 6.42 Å². The maximum Gasteiger partial charge on any atom is 0.184 e. The number of nitrogens with zero attached hydrogens (tertiary/aromatic N) is 3. The number of para-hydroxylation sites is 1. The zero-order valence-electron chi connectivity index (χ0n) is 11.5. The molecule has 106 valence electrons. The van der Waals surface area contributed by atoms with E-state index in [0.717, 1.165) is 25.4 Å². The molecule has 1 atom stereocenters. The summed E-state index contributed by atoms with van der Waals surface area (Å²) in [4.78, 5) is 2.34. The summed E-state index contributed by atoms with van der Waals surface area (Å²) in [5.74, 6) is 2.00. The van der Waals surface area contributed by atoms with Gasteiger partial charge in [0.15, 0.2) is 10.9 Å². The van der Waals surface area contributed by atoms with Crippen molar-refractivity contribution < 1.29 is 4.74 Å². The lowest BCUT2D eigenvalue weighted by atomic mass is 10.1. The minimum absolute atomic E-state index is 0.573. The van der Waals surface area contributed by atoms with Crippen molar-refractivity contribution in [2.24, 2.45) is 5.92 Å². The lowest BCUT2D eigenvalue weighted by molar-refractivity contribution is 0.369. The van der Waals surface area contributed by atoms with Crippen molar-refractivity contribution in [3.63, 3.8) is 0 Å². The summed E-state index contributed by atoms with van der Waals surface area (Å²) in [7, 11) is 2.15. The second-order valence-corrected chi connectivity index (χ2v) is 5.67. The number of likely N-dealkylation sites (tertiary alicyclic amines) is 1. The monoisotopic (exact) mass is 291 g/mol. The van der Waals surface area contributed by atoms with E-state index < -0.39 is 0 Å². The lowest BCUT2D eigenvalue weighted by Gasteiger charge is -2.11. The molecule has 0 amide bonds. The zero-order valence-corrected chi connectivity index (χ0v) is 12.3. The number of benzene rings is 1. The first kappa shape index (κ1) is 13.5. The summed E-state index contributed by atoms with van der Waals surface area (Å²) in [5.41, 5.74) is 0. The van der Waals surface area contributed by atoms with Crippen molar-refractivity contribution in [2.45, 2.75) is 13.0 Å². The van der Waals surface area contributed by atoms with E-state index in [2.05, 4.69) is 17.0 Å². The van der Waals surface area contributed by atoms with Crippen molar-refractivity contribution in [3.8, 4) is 11.5 Å². The maximum atomic E-state index is 6.35. The Balaban J connectivity index is 1.69. The van der Waals surface area contributed by atoms with Crippen LogP contribution in [-0.4, -0.2) is 34.8 Å². The topological polar surface area (TPSA) is 30.3 Å². The van der Waals surface area contributed by atoms with Crippen LogP contribution in [0, 0.1) is 5.92 Å². The molecule has 0 radical (unpaired) electrons. The van der Waals surface area contributed by atoms with Gasteiger partial charge in [0.2, 0.25) is 0 Å². The van der Waals surface area contributed by atoms with Gasteiger partial charge in [-0.2, -0.15) is 5.10 Å². The van der Waals surface area contributed by atoms with Gasteiger partial charge < -0.3 is 9.64 Å². The molecule has 1 aliphatic heterocycles. The van der Waals surface area contributed by atoms with E-state index in [-0.39, 0.29) is 0 Å². The molecule has 1 saturated heterocycles. The average molecular weight is 292 g/mol. The van der Waals surface area contributed by atoms with Gasteiger partial charge in [-0.1, -0.05) is 29.8 Å². The smallest absolute Gasteiger partial charge is 0.184 e. The van der Waals surface area contributed by atoms with Crippen molar-refractivity contribution in [1.29, 1.82) is 0 Å². The van der Waals surface area contributed by atoms with E-state index >= 15 is 0 Å². The second-order valence-electron chi connectivity index (χ2n) is 5.31. The Bertz CT molecular complexity index is 570. The van der Waals surface area contributed by atoms with Gasteiger partial charge in [0.05, 0.1) is 6.20 Å². The molecule has 5 heteroatoms. The van der Waals surface area contributed by atoms with E-state index in [9.17, 15) is 0 Å².